The summed E-state index contributed by atoms with van der Waals surface area (Å²) in [4.78, 5) is 0. The van der Waals surface area contributed by atoms with Gasteiger partial charge in [0.1, 0.15) is 0 Å². The average molecular weight is 179 g/mol. The van der Waals surface area contributed by atoms with Gasteiger partial charge in [-0.3, -0.25) is 0 Å². The van der Waals surface area contributed by atoms with Crippen molar-refractivity contribution < 1.29 is 42.9 Å². The molecule has 3 nitrogen and oxygen atoms in total. The number of rotatable bonds is 1. The van der Waals surface area contributed by atoms with E-state index in [1.165, 1.54) is 0 Å². The van der Waals surface area contributed by atoms with Crippen molar-refractivity contribution in [3.05, 3.63) is 6.92 Å². The Kier molecular flexibility index (Phi) is 30.2. The third kappa shape index (κ3) is 88.6. The summed E-state index contributed by atoms with van der Waals surface area (Å²) in [6.45, 7) is 3.53. The van der Waals surface area contributed by atoms with E-state index in [0.717, 1.165) is 12.2 Å². The summed E-state index contributed by atoms with van der Waals surface area (Å²) in [6, 6.07) is 0. The van der Waals surface area contributed by atoms with E-state index in [9.17, 15) is 0 Å². The van der Waals surface area contributed by atoms with Crippen LogP contribution < -0.4 is 29.6 Å². The SMILES string of the molecule is O=S([O-])O.[CH2-]CCS.[Na+]. The van der Waals surface area contributed by atoms with E-state index in [1.807, 2.05) is 0 Å². The van der Waals surface area contributed by atoms with E-state index in [0.29, 0.717) is 0 Å². The van der Waals surface area contributed by atoms with Crippen LogP contribution in [0.5, 0.6) is 0 Å². The molecule has 1 atom stereocenters. The first-order valence-electron chi connectivity index (χ1n) is 1.83. The van der Waals surface area contributed by atoms with Gasteiger partial charge in [-0.05, 0) is 5.75 Å². The molecular formula is C3H8NaO3S2-. The maximum absolute atomic E-state index is 8.56. The maximum Gasteiger partial charge on any atom is 1.00 e. The summed E-state index contributed by atoms with van der Waals surface area (Å²) >= 11 is 0.997. The van der Waals surface area contributed by atoms with Crippen molar-refractivity contribution in [2.45, 2.75) is 6.42 Å². The number of thiol groups is 1. The molecule has 0 aliphatic rings. The van der Waals surface area contributed by atoms with Gasteiger partial charge < -0.3 is 16.0 Å². The third-order valence-electron chi connectivity index (χ3n) is 0.158. The third-order valence-corrected chi connectivity index (χ3v) is 0.474. The predicted octanol–water partition coefficient (Wildman–Crippen LogP) is -2.52. The molecule has 0 saturated carbocycles. The van der Waals surface area contributed by atoms with Crippen LogP contribution in [0.3, 0.4) is 0 Å². The van der Waals surface area contributed by atoms with E-state index < -0.39 is 11.4 Å². The van der Waals surface area contributed by atoms with Crippen LogP contribution in [0.2, 0.25) is 0 Å². The Morgan fingerprint density at radius 3 is 1.89 bits per heavy atom. The molecule has 0 aliphatic heterocycles. The number of hydrogen-bond acceptors (Lipinski definition) is 3. The summed E-state index contributed by atoms with van der Waals surface area (Å²) in [6.07, 6.45) is 0.934. The minimum Gasteiger partial charge on any atom is -0.750 e. The maximum atomic E-state index is 8.56. The van der Waals surface area contributed by atoms with Crippen molar-refractivity contribution in [3.8, 4) is 0 Å². The molecule has 0 aliphatic carbocycles. The van der Waals surface area contributed by atoms with Gasteiger partial charge in [0.05, 0.1) is 11.4 Å². The first-order valence-corrected chi connectivity index (χ1v) is 3.50. The Bertz CT molecular complexity index is 55.0. The minimum absolute atomic E-state index is 0. The molecule has 0 rings (SSSR count). The summed E-state index contributed by atoms with van der Waals surface area (Å²) < 4.78 is 24.1. The fraction of sp³-hybridized carbons (Fsp3) is 0.667. The summed E-state index contributed by atoms with van der Waals surface area (Å²) in [5, 5.41) is 0. The van der Waals surface area contributed by atoms with Gasteiger partial charge in [-0.25, -0.2) is 4.21 Å². The predicted molar refractivity (Wildman–Crippen MR) is 35.4 cm³/mol. The Hall–Kier alpha value is 1.42. The van der Waals surface area contributed by atoms with E-state index in [1.54, 1.807) is 0 Å². The Morgan fingerprint density at radius 2 is 1.89 bits per heavy atom. The molecule has 0 aromatic rings. The zero-order chi connectivity index (χ0) is 6.99. The van der Waals surface area contributed by atoms with Crippen LogP contribution in [0.15, 0.2) is 0 Å². The average Bonchev–Trinajstić information content (AvgIpc) is 1.65. The van der Waals surface area contributed by atoms with Gasteiger partial charge in [0.25, 0.3) is 0 Å². The van der Waals surface area contributed by atoms with Gasteiger partial charge >= 0.3 is 29.6 Å². The molecule has 0 bridgehead atoms. The molecule has 0 fully saturated rings. The smallest absolute Gasteiger partial charge is 0.750 e. The molecule has 1 unspecified atom stereocenters. The van der Waals surface area contributed by atoms with E-state index in [-0.39, 0.29) is 29.6 Å². The molecule has 52 valence electrons. The quantitative estimate of drug-likeness (QED) is 0.202. The second kappa shape index (κ2) is 16.2. The fourth-order valence-electron chi connectivity index (χ4n) is 0. The van der Waals surface area contributed by atoms with Crippen LogP contribution in [0.1, 0.15) is 6.42 Å². The Labute approximate surface area is 85.4 Å². The van der Waals surface area contributed by atoms with Crippen molar-refractivity contribution in [2.24, 2.45) is 0 Å². The summed E-state index contributed by atoms with van der Waals surface area (Å²) in [5.41, 5.74) is 0. The van der Waals surface area contributed by atoms with Gasteiger partial charge in [0.15, 0.2) is 0 Å². The Morgan fingerprint density at radius 1 is 1.78 bits per heavy atom. The molecule has 0 spiro atoms. The standard InChI is InChI=1S/C3H7S.Na.H2O3S/c1-2-3-4;;1-4(2)3/h4H,1-3H2;;(H2,1,2,3)/q-1;+1;/p-1. The molecule has 0 amide bonds. The van der Waals surface area contributed by atoms with Crippen LogP contribution in [0.25, 0.3) is 0 Å². The van der Waals surface area contributed by atoms with Crippen molar-refractivity contribution in [3.63, 3.8) is 0 Å². The van der Waals surface area contributed by atoms with Crippen molar-refractivity contribution in [1.29, 1.82) is 0 Å². The first kappa shape index (κ1) is 16.8. The molecule has 0 heterocycles. The summed E-state index contributed by atoms with van der Waals surface area (Å²) in [5.74, 6) is 0.903. The monoisotopic (exact) mass is 179 g/mol. The molecule has 1 N–H and O–H groups in total. The van der Waals surface area contributed by atoms with Crippen LogP contribution in [-0.2, 0) is 11.4 Å². The van der Waals surface area contributed by atoms with Gasteiger partial charge in [-0.1, -0.05) is 0 Å². The minimum atomic E-state index is -2.86. The molecule has 6 heteroatoms. The van der Waals surface area contributed by atoms with E-state index >= 15 is 0 Å². The fourth-order valence-corrected chi connectivity index (χ4v) is 0. The summed E-state index contributed by atoms with van der Waals surface area (Å²) in [7, 11) is 0. The van der Waals surface area contributed by atoms with Crippen LogP contribution in [0, 0.1) is 6.92 Å². The van der Waals surface area contributed by atoms with Gasteiger partial charge in [-0.2, -0.15) is 19.0 Å². The van der Waals surface area contributed by atoms with Gasteiger partial charge in [0.2, 0.25) is 0 Å². The van der Waals surface area contributed by atoms with Gasteiger partial charge in [0, 0.05) is 0 Å². The second-order valence-electron chi connectivity index (χ2n) is 0.794. The van der Waals surface area contributed by atoms with Crippen LogP contribution in [0.4, 0.5) is 0 Å². The molecule has 0 aromatic heterocycles. The van der Waals surface area contributed by atoms with Gasteiger partial charge in [-0.15, -0.1) is 0 Å². The van der Waals surface area contributed by atoms with Crippen molar-refractivity contribution in [2.75, 3.05) is 5.75 Å². The number of hydrogen-bond donors (Lipinski definition) is 2. The van der Waals surface area contributed by atoms with Crippen LogP contribution in [-0.4, -0.2) is 19.1 Å². The van der Waals surface area contributed by atoms with E-state index in [2.05, 4.69) is 19.6 Å². The topological polar surface area (TPSA) is 60.4 Å². The van der Waals surface area contributed by atoms with E-state index in [4.69, 9.17) is 13.3 Å². The molecule has 0 saturated heterocycles. The van der Waals surface area contributed by atoms with Crippen molar-refractivity contribution in [1.82, 2.24) is 0 Å². The first-order chi connectivity index (χ1) is 3.65. The zero-order valence-corrected chi connectivity index (χ0v) is 8.95. The van der Waals surface area contributed by atoms with Crippen molar-refractivity contribution >= 4 is 24.0 Å². The molecule has 0 aromatic carbocycles. The Balaban J connectivity index is -0.0000000720. The normalized spacial score (nSPS) is 10.2. The largest absolute Gasteiger partial charge is 1.00 e. The second-order valence-corrected chi connectivity index (χ2v) is 1.68. The molecular weight excluding hydrogens is 171 g/mol. The molecule has 9 heavy (non-hydrogen) atoms. The zero-order valence-electron chi connectivity index (χ0n) is 5.24. The molecule has 0 radical (unpaired) electrons. The van der Waals surface area contributed by atoms with Crippen LogP contribution >= 0.6 is 12.6 Å².